The van der Waals surface area contributed by atoms with Gasteiger partial charge >= 0.3 is 6.18 Å². The SMILES string of the molecule is Nc1ncnc2c1ccn2[C@@H]1C[C@H](CNC2CC(CCc3nc4cc(C(F)(F)F)c(Cl)cc4[nH]3)C2)[C@@H](O)[C@H]1O. The molecule has 3 aromatic heterocycles. The van der Waals surface area contributed by atoms with E-state index in [9.17, 15) is 23.4 Å². The third-order valence-electron chi connectivity index (χ3n) is 8.29. The molecule has 2 fully saturated rings. The highest BCUT2D eigenvalue weighted by molar-refractivity contribution is 6.32. The predicted octanol–water partition coefficient (Wildman–Crippen LogP) is 3.85. The van der Waals surface area contributed by atoms with Crippen LogP contribution in [0.4, 0.5) is 19.0 Å². The molecule has 6 N–H and O–H groups in total. The monoisotopic (exact) mass is 563 g/mol. The Labute approximate surface area is 226 Å². The van der Waals surface area contributed by atoms with Crippen molar-refractivity contribution in [2.24, 2.45) is 11.8 Å². The molecule has 0 saturated heterocycles. The highest BCUT2D eigenvalue weighted by atomic mass is 35.5. The van der Waals surface area contributed by atoms with Gasteiger partial charge in [0.05, 0.1) is 39.2 Å². The summed E-state index contributed by atoms with van der Waals surface area (Å²) in [5.74, 6) is 1.40. The molecule has 0 aliphatic heterocycles. The Morgan fingerprint density at radius 3 is 2.72 bits per heavy atom. The van der Waals surface area contributed by atoms with E-state index in [1.54, 1.807) is 0 Å². The number of aromatic amines is 1. The zero-order valence-corrected chi connectivity index (χ0v) is 21.6. The third-order valence-corrected chi connectivity index (χ3v) is 8.60. The van der Waals surface area contributed by atoms with Crippen LogP contribution in [0.15, 0.2) is 30.7 Å². The summed E-state index contributed by atoms with van der Waals surface area (Å²) in [5, 5.41) is 25.4. The summed E-state index contributed by atoms with van der Waals surface area (Å²) in [7, 11) is 0. The van der Waals surface area contributed by atoms with Gasteiger partial charge in [-0.3, -0.25) is 0 Å². The number of H-pyrrole nitrogens is 1. The van der Waals surface area contributed by atoms with Crippen LogP contribution < -0.4 is 11.1 Å². The zero-order valence-electron chi connectivity index (χ0n) is 20.9. The minimum absolute atomic E-state index is 0.107. The number of alkyl halides is 3. The number of nitrogens with one attached hydrogen (secondary N) is 2. The Morgan fingerprint density at radius 2 is 1.95 bits per heavy atom. The number of aromatic nitrogens is 5. The van der Waals surface area contributed by atoms with Crippen molar-refractivity contribution in [1.29, 1.82) is 0 Å². The van der Waals surface area contributed by atoms with Crippen molar-refractivity contribution < 1.29 is 23.4 Å². The fourth-order valence-corrected chi connectivity index (χ4v) is 6.32. The molecule has 0 bridgehead atoms. The normalized spacial score (nSPS) is 27.4. The predicted molar refractivity (Wildman–Crippen MR) is 140 cm³/mol. The van der Waals surface area contributed by atoms with Crippen molar-refractivity contribution in [2.75, 3.05) is 12.3 Å². The van der Waals surface area contributed by atoms with Crippen molar-refractivity contribution in [1.82, 2.24) is 29.8 Å². The summed E-state index contributed by atoms with van der Waals surface area (Å²) < 4.78 is 41.2. The summed E-state index contributed by atoms with van der Waals surface area (Å²) in [6.07, 6.45) is 0.986. The summed E-state index contributed by atoms with van der Waals surface area (Å²) >= 11 is 5.81. The van der Waals surface area contributed by atoms with Crippen LogP contribution in [-0.4, -0.2) is 59.5 Å². The highest BCUT2D eigenvalue weighted by Gasteiger charge is 2.43. The second-order valence-electron chi connectivity index (χ2n) is 10.8. The molecular formula is C26H29ClF3N7O2. The number of halogens is 4. The largest absolute Gasteiger partial charge is 0.417 e. The first-order chi connectivity index (χ1) is 18.6. The van der Waals surface area contributed by atoms with Gasteiger partial charge in [0.1, 0.15) is 29.7 Å². The molecule has 4 aromatic rings. The molecule has 2 aliphatic rings. The van der Waals surface area contributed by atoms with Crippen LogP contribution in [0.3, 0.4) is 0 Å². The molecule has 1 aromatic carbocycles. The van der Waals surface area contributed by atoms with Crippen molar-refractivity contribution in [3.05, 3.63) is 47.1 Å². The van der Waals surface area contributed by atoms with E-state index in [-0.39, 0.29) is 22.5 Å². The van der Waals surface area contributed by atoms with Crippen LogP contribution in [0.1, 0.15) is 43.1 Å². The van der Waals surface area contributed by atoms with Gasteiger partial charge in [0.25, 0.3) is 0 Å². The number of rotatable bonds is 7. The number of aryl methyl sites for hydroxylation is 1. The number of hydrogen-bond acceptors (Lipinski definition) is 7. The summed E-state index contributed by atoms with van der Waals surface area (Å²) in [5.41, 5.74) is 6.45. The van der Waals surface area contributed by atoms with E-state index in [4.69, 9.17) is 17.3 Å². The van der Waals surface area contributed by atoms with E-state index in [0.717, 1.165) is 30.7 Å². The maximum atomic E-state index is 13.1. The molecule has 6 rings (SSSR count). The van der Waals surface area contributed by atoms with Gasteiger partial charge in [0.15, 0.2) is 0 Å². The summed E-state index contributed by atoms with van der Waals surface area (Å²) in [6, 6.07) is 4.10. The number of nitrogen functional groups attached to an aromatic ring is 1. The first-order valence-electron chi connectivity index (χ1n) is 13.0. The number of hydrogen-bond donors (Lipinski definition) is 5. The van der Waals surface area contributed by atoms with Crippen LogP contribution in [0.25, 0.3) is 22.1 Å². The van der Waals surface area contributed by atoms with E-state index >= 15 is 0 Å². The van der Waals surface area contributed by atoms with Crippen molar-refractivity contribution in [2.45, 2.75) is 62.6 Å². The van der Waals surface area contributed by atoms with Crippen LogP contribution >= 0.6 is 11.6 Å². The maximum absolute atomic E-state index is 13.1. The molecule has 0 amide bonds. The number of nitrogens with two attached hydrogens (primary N) is 1. The molecule has 9 nitrogen and oxygen atoms in total. The maximum Gasteiger partial charge on any atom is 0.417 e. The van der Waals surface area contributed by atoms with Crippen molar-refractivity contribution >= 4 is 39.5 Å². The summed E-state index contributed by atoms with van der Waals surface area (Å²) in [6.45, 7) is 0.592. The third kappa shape index (κ3) is 4.94. The van der Waals surface area contributed by atoms with Gasteiger partial charge in [0, 0.05) is 31.1 Å². The number of anilines is 1. The Morgan fingerprint density at radius 1 is 1.15 bits per heavy atom. The molecule has 13 heteroatoms. The van der Waals surface area contributed by atoms with E-state index < -0.39 is 23.9 Å². The van der Waals surface area contributed by atoms with Gasteiger partial charge in [-0.1, -0.05) is 11.6 Å². The molecular weight excluding hydrogens is 535 g/mol. The highest BCUT2D eigenvalue weighted by Crippen LogP contribution is 2.39. The number of aliphatic hydroxyl groups excluding tert-OH is 2. The lowest BCUT2D eigenvalue weighted by molar-refractivity contribution is -0.137. The van der Waals surface area contributed by atoms with Gasteiger partial charge in [-0.25, -0.2) is 15.0 Å². The lowest BCUT2D eigenvalue weighted by atomic mass is 9.77. The Kier molecular flexibility index (Phi) is 6.69. The van der Waals surface area contributed by atoms with Gasteiger partial charge in [-0.05, 0) is 49.8 Å². The van der Waals surface area contributed by atoms with E-state index in [0.29, 0.717) is 54.2 Å². The molecule has 4 atom stereocenters. The molecule has 2 aliphatic carbocycles. The van der Waals surface area contributed by atoms with E-state index in [1.807, 2.05) is 16.8 Å². The number of benzene rings is 1. The minimum atomic E-state index is -4.52. The fraction of sp³-hybridized carbons (Fsp3) is 0.500. The Bertz CT molecular complexity index is 1500. The lowest BCUT2D eigenvalue weighted by Gasteiger charge is -2.37. The molecule has 208 valence electrons. The average molecular weight is 564 g/mol. The van der Waals surface area contributed by atoms with E-state index in [2.05, 4.69) is 25.3 Å². The molecule has 2 saturated carbocycles. The number of aliphatic hydroxyl groups is 2. The molecule has 0 spiro atoms. The van der Waals surface area contributed by atoms with Crippen molar-refractivity contribution in [3.8, 4) is 0 Å². The Balaban J connectivity index is 0.991. The van der Waals surface area contributed by atoms with Crippen LogP contribution in [-0.2, 0) is 12.6 Å². The van der Waals surface area contributed by atoms with Gasteiger partial charge in [0.2, 0.25) is 0 Å². The smallest absolute Gasteiger partial charge is 0.390 e. The molecule has 0 unspecified atom stereocenters. The van der Waals surface area contributed by atoms with Gasteiger partial charge in [-0.2, -0.15) is 13.2 Å². The van der Waals surface area contributed by atoms with Crippen LogP contribution in [0.5, 0.6) is 0 Å². The Hall–Kier alpha value is -2.93. The van der Waals surface area contributed by atoms with Gasteiger partial charge in [-0.15, -0.1) is 0 Å². The quantitative estimate of drug-likeness (QED) is 0.230. The first kappa shape index (κ1) is 26.3. The number of imidazole rings is 1. The lowest BCUT2D eigenvalue weighted by Crippen LogP contribution is -2.44. The fourth-order valence-electron chi connectivity index (χ4n) is 6.05. The molecule has 39 heavy (non-hydrogen) atoms. The van der Waals surface area contributed by atoms with Crippen LogP contribution in [0.2, 0.25) is 5.02 Å². The van der Waals surface area contributed by atoms with E-state index in [1.165, 1.54) is 12.4 Å². The molecule has 0 radical (unpaired) electrons. The van der Waals surface area contributed by atoms with Gasteiger partial charge < -0.3 is 30.8 Å². The number of fused-ring (bicyclic) bond motifs is 2. The second-order valence-corrected chi connectivity index (χ2v) is 11.2. The first-order valence-corrected chi connectivity index (χ1v) is 13.4. The average Bonchev–Trinajstić information content (AvgIpc) is 3.53. The number of nitrogens with zero attached hydrogens (tertiary/aromatic N) is 4. The minimum Gasteiger partial charge on any atom is -0.390 e. The van der Waals surface area contributed by atoms with Crippen LogP contribution in [0, 0.1) is 11.8 Å². The van der Waals surface area contributed by atoms with Crippen molar-refractivity contribution in [3.63, 3.8) is 0 Å². The second kappa shape index (κ2) is 9.92. The summed E-state index contributed by atoms with van der Waals surface area (Å²) in [4.78, 5) is 15.7. The standard InChI is InChI=1S/C26H29ClF3N7O2/c27-17-9-19-18(8-16(17)26(28,29)30)35-21(36-19)2-1-12-5-14(6-12)32-10-13-7-20(23(39)22(13)38)37-4-3-15-24(31)33-11-34-25(15)37/h3-4,8-9,11-14,20,22-23,32,38-39H,1-2,5-7,10H2,(H,35,36)(H2,31,33,34)/t12?,13-,14?,20-,22-,23+/m1/s1. The topological polar surface area (TPSA) is 138 Å². The zero-order chi connectivity index (χ0) is 27.5. The molecule has 3 heterocycles.